The van der Waals surface area contributed by atoms with Crippen molar-refractivity contribution < 1.29 is 24.2 Å². The molecule has 1 fully saturated rings. The van der Waals surface area contributed by atoms with Crippen LogP contribution in [0.2, 0.25) is 0 Å². The average molecular weight is 431 g/mol. The number of Topliss-reactive ketones (excluding diaryl/α,β-unsaturated/α-hetero) is 1. The van der Waals surface area contributed by atoms with Crippen LogP contribution < -0.4 is 9.47 Å². The molecule has 32 heavy (non-hydrogen) atoms. The van der Waals surface area contributed by atoms with Crippen LogP contribution in [0.1, 0.15) is 22.9 Å². The highest BCUT2D eigenvalue weighted by Crippen LogP contribution is 2.41. The summed E-state index contributed by atoms with van der Waals surface area (Å²) in [5, 5.41) is 11.3. The third kappa shape index (κ3) is 3.78. The predicted molar refractivity (Wildman–Crippen MR) is 116 cm³/mol. The van der Waals surface area contributed by atoms with Gasteiger partial charge in [0, 0.05) is 25.1 Å². The third-order valence-electron chi connectivity index (χ3n) is 5.25. The SMILES string of the molecule is COc1ccc(OC)c(/C(O)=C2\C(=O)C(=O)N(Cc3cccnc3)C2c2ccccn2)c1. The van der Waals surface area contributed by atoms with Gasteiger partial charge >= 0.3 is 0 Å². The van der Waals surface area contributed by atoms with E-state index in [-0.39, 0.29) is 23.4 Å². The molecule has 162 valence electrons. The number of pyridine rings is 2. The molecule has 8 nitrogen and oxygen atoms in total. The van der Waals surface area contributed by atoms with Gasteiger partial charge in [-0.2, -0.15) is 0 Å². The topological polar surface area (TPSA) is 102 Å². The highest BCUT2D eigenvalue weighted by atomic mass is 16.5. The minimum Gasteiger partial charge on any atom is -0.507 e. The number of carbonyl (C=O) groups excluding carboxylic acids is 2. The number of likely N-dealkylation sites (tertiary alicyclic amines) is 1. The number of rotatable bonds is 6. The number of carbonyl (C=O) groups is 2. The van der Waals surface area contributed by atoms with Gasteiger partial charge in [0.1, 0.15) is 23.3 Å². The third-order valence-corrected chi connectivity index (χ3v) is 5.25. The predicted octanol–water partition coefficient (Wildman–Crippen LogP) is 3.12. The monoisotopic (exact) mass is 431 g/mol. The van der Waals surface area contributed by atoms with Gasteiger partial charge in [-0.25, -0.2) is 0 Å². The van der Waals surface area contributed by atoms with Crippen molar-refractivity contribution in [3.05, 3.63) is 89.5 Å². The van der Waals surface area contributed by atoms with E-state index in [1.165, 1.54) is 19.1 Å². The van der Waals surface area contributed by atoms with E-state index < -0.39 is 17.7 Å². The standard InChI is InChI=1S/C24H21N3O5/c1-31-16-8-9-19(32-2)17(12-16)22(28)20-21(18-7-3-4-11-26-18)27(24(30)23(20)29)14-15-6-5-10-25-13-15/h3-13,21,28H,14H2,1-2H3/b22-20+. The lowest BCUT2D eigenvalue weighted by molar-refractivity contribution is -0.140. The molecule has 1 atom stereocenters. The first-order chi connectivity index (χ1) is 15.5. The molecule has 1 aliphatic rings. The Hall–Kier alpha value is -4.20. The molecule has 1 N–H and O–H groups in total. The lowest BCUT2D eigenvalue weighted by atomic mass is 9.97. The van der Waals surface area contributed by atoms with E-state index in [0.29, 0.717) is 17.2 Å². The first-order valence-corrected chi connectivity index (χ1v) is 9.85. The van der Waals surface area contributed by atoms with E-state index in [2.05, 4.69) is 9.97 Å². The summed E-state index contributed by atoms with van der Waals surface area (Å²) < 4.78 is 10.6. The second kappa shape index (κ2) is 8.89. The molecular formula is C24H21N3O5. The Kier molecular flexibility index (Phi) is 5.85. The molecule has 1 aliphatic heterocycles. The summed E-state index contributed by atoms with van der Waals surface area (Å²) in [5.74, 6) is -1.09. The van der Waals surface area contributed by atoms with Gasteiger partial charge in [-0.1, -0.05) is 12.1 Å². The molecule has 1 aromatic carbocycles. The molecule has 2 aromatic heterocycles. The zero-order chi connectivity index (χ0) is 22.7. The number of aliphatic hydroxyl groups is 1. The Bertz CT molecular complexity index is 1180. The van der Waals surface area contributed by atoms with Crippen LogP contribution in [0, 0.1) is 0 Å². The molecule has 0 radical (unpaired) electrons. The Morgan fingerprint density at radius 3 is 2.56 bits per heavy atom. The van der Waals surface area contributed by atoms with Gasteiger partial charge in [-0.3, -0.25) is 19.6 Å². The Balaban J connectivity index is 1.90. The number of benzene rings is 1. The fourth-order valence-electron chi connectivity index (χ4n) is 3.72. The van der Waals surface area contributed by atoms with Crippen molar-refractivity contribution in [1.29, 1.82) is 0 Å². The number of nitrogens with zero attached hydrogens (tertiary/aromatic N) is 3. The van der Waals surface area contributed by atoms with Crippen molar-refractivity contribution in [3.63, 3.8) is 0 Å². The normalized spacial score (nSPS) is 17.4. The second-order valence-electron chi connectivity index (χ2n) is 7.11. The molecule has 4 rings (SSSR count). The van der Waals surface area contributed by atoms with Gasteiger partial charge in [0.2, 0.25) is 0 Å². The van der Waals surface area contributed by atoms with E-state index >= 15 is 0 Å². The lowest BCUT2D eigenvalue weighted by Crippen LogP contribution is -2.29. The minimum atomic E-state index is -0.882. The number of hydrogen-bond donors (Lipinski definition) is 1. The number of hydrogen-bond acceptors (Lipinski definition) is 7. The zero-order valence-electron chi connectivity index (χ0n) is 17.6. The Morgan fingerprint density at radius 1 is 1.06 bits per heavy atom. The molecule has 3 heterocycles. The van der Waals surface area contributed by atoms with E-state index in [1.54, 1.807) is 61.1 Å². The summed E-state index contributed by atoms with van der Waals surface area (Å²) in [6.07, 6.45) is 4.83. The zero-order valence-corrected chi connectivity index (χ0v) is 17.6. The van der Waals surface area contributed by atoms with Crippen molar-refractivity contribution in [2.75, 3.05) is 14.2 Å². The van der Waals surface area contributed by atoms with Crippen LogP contribution >= 0.6 is 0 Å². The van der Waals surface area contributed by atoms with E-state index in [1.807, 2.05) is 6.07 Å². The summed E-state index contributed by atoms with van der Waals surface area (Å²) in [6.45, 7) is 0.131. The van der Waals surface area contributed by atoms with Gasteiger partial charge in [0.05, 0.1) is 31.1 Å². The van der Waals surface area contributed by atoms with Crippen LogP contribution in [0.4, 0.5) is 0 Å². The number of methoxy groups -OCH3 is 2. The van der Waals surface area contributed by atoms with Crippen molar-refractivity contribution in [1.82, 2.24) is 14.9 Å². The first-order valence-electron chi connectivity index (χ1n) is 9.85. The summed E-state index contributed by atoms with van der Waals surface area (Å²) >= 11 is 0. The Morgan fingerprint density at radius 2 is 1.91 bits per heavy atom. The molecule has 0 spiro atoms. The van der Waals surface area contributed by atoms with Crippen LogP contribution in [-0.4, -0.2) is 45.9 Å². The summed E-state index contributed by atoms with van der Waals surface area (Å²) in [4.78, 5) is 36.0. The summed E-state index contributed by atoms with van der Waals surface area (Å²) in [6, 6.07) is 12.7. The van der Waals surface area contributed by atoms with Crippen LogP contribution in [0.25, 0.3) is 5.76 Å². The fraction of sp³-hybridized carbons (Fsp3) is 0.167. The second-order valence-corrected chi connectivity index (χ2v) is 7.11. The van der Waals surface area contributed by atoms with Gasteiger partial charge < -0.3 is 19.5 Å². The van der Waals surface area contributed by atoms with Gasteiger partial charge in [0.15, 0.2) is 0 Å². The molecular weight excluding hydrogens is 410 g/mol. The number of aromatic nitrogens is 2. The van der Waals surface area contributed by atoms with Crippen LogP contribution in [0.15, 0.2) is 72.7 Å². The number of aliphatic hydroxyl groups excluding tert-OH is 1. The van der Waals surface area contributed by atoms with E-state index in [4.69, 9.17) is 9.47 Å². The molecule has 8 heteroatoms. The van der Waals surface area contributed by atoms with Crippen molar-refractivity contribution in [2.24, 2.45) is 0 Å². The molecule has 0 aliphatic carbocycles. The number of ether oxygens (including phenoxy) is 2. The molecule has 3 aromatic rings. The molecule has 1 unspecified atom stereocenters. The van der Waals surface area contributed by atoms with Crippen LogP contribution in [-0.2, 0) is 16.1 Å². The maximum Gasteiger partial charge on any atom is 0.296 e. The quantitative estimate of drug-likeness (QED) is 0.363. The Labute approximate surface area is 184 Å². The molecule has 0 bridgehead atoms. The van der Waals surface area contributed by atoms with E-state index in [0.717, 1.165) is 5.56 Å². The fourth-order valence-corrected chi connectivity index (χ4v) is 3.72. The van der Waals surface area contributed by atoms with Crippen molar-refractivity contribution >= 4 is 17.4 Å². The highest BCUT2D eigenvalue weighted by Gasteiger charge is 2.47. The smallest absolute Gasteiger partial charge is 0.296 e. The van der Waals surface area contributed by atoms with Gasteiger partial charge in [-0.15, -0.1) is 0 Å². The number of amides is 1. The summed E-state index contributed by atoms with van der Waals surface area (Å²) in [7, 11) is 2.95. The number of ketones is 1. The first kappa shape index (κ1) is 21.0. The van der Waals surface area contributed by atoms with Crippen molar-refractivity contribution in [2.45, 2.75) is 12.6 Å². The maximum atomic E-state index is 13.1. The van der Waals surface area contributed by atoms with Crippen molar-refractivity contribution in [3.8, 4) is 11.5 Å². The van der Waals surface area contributed by atoms with Crippen LogP contribution in [0.5, 0.6) is 11.5 Å². The molecule has 0 saturated carbocycles. The lowest BCUT2D eigenvalue weighted by Gasteiger charge is -2.24. The molecule has 1 amide bonds. The minimum absolute atomic E-state index is 0.0656. The largest absolute Gasteiger partial charge is 0.507 e. The van der Waals surface area contributed by atoms with Gasteiger partial charge in [0.25, 0.3) is 11.7 Å². The average Bonchev–Trinajstić information content (AvgIpc) is 3.09. The maximum absolute atomic E-state index is 13.1. The summed E-state index contributed by atoms with van der Waals surface area (Å²) in [5.41, 5.74) is 1.38. The molecule has 1 saturated heterocycles. The van der Waals surface area contributed by atoms with Crippen LogP contribution in [0.3, 0.4) is 0 Å². The van der Waals surface area contributed by atoms with Gasteiger partial charge in [-0.05, 0) is 42.0 Å². The van der Waals surface area contributed by atoms with E-state index in [9.17, 15) is 14.7 Å². The highest BCUT2D eigenvalue weighted by molar-refractivity contribution is 6.46.